The maximum atomic E-state index is 12.1. The summed E-state index contributed by atoms with van der Waals surface area (Å²) in [5, 5.41) is 15.1. The minimum absolute atomic E-state index is 0.0475. The van der Waals surface area contributed by atoms with Crippen LogP contribution in [0, 0.1) is 5.92 Å². The first-order valence-corrected chi connectivity index (χ1v) is 7.02. The van der Waals surface area contributed by atoms with E-state index in [4.69, 9.17) is 5.11 Å². The molecular weight excluding hydrogens is 242 g/mol. The van der Waals surface area contributed by atoms with Crippen LogP contribution in [0.4, 0.5) is 0 Å². The number of aromatic nitrogens is 2. The van der Waals surface area contributed by atoms with E-state index in [0.29, 0.717) is 5.92 Å². The van der Waals surface area contributed by atoms with Gasteiger partial charge in [0.2, 0.25) is 0 Å². The third-order valence-corrected chi connectivity index (χ3v) is 4.80. The highest BCUT2D eigenvalue weighted by Crippen LogP contribution is 2.39. The molecule has 0 bridgehead atoms. The molecule has 1 aliphatic carbocycles. The minimum atomic E-state index is -3.65. The molecule has 0 spiro atoms. The molecular formula is C10H17N3O3S. The number of aliphatic hydroxyl groups excluding tert-OH is 1. The summed E-state index contributed by atoms with van der Waals surface area (Å²) in [7, 11) is -3.65. The van der Waals surface area contributed by atoms with E-state index in [-0.39, 0.29) is 17.2 Å². The summed E-state index contributed by atoms with van der Waals surface area (Å²) in [6.07, 6.45) is 3.41. The van der Waals surface area contributed by atoms with Crippen molar-refractivity contribution in [1.82, 2.24) is 14.9 Å². The zero-order valence-electron chi connectivity index (χ0n) is 9.90. The Morgan fingerprint density at radius 2 is 2.24 bits per heavy atom. The first kappa shape index (κ1) is 12.5. The van der Waals surface area contributed by atoms with Crippen LogP contribution in [0.2, 0.25) is 0 Å². The van der Waals surface area contributed by atoms with Crippen molar-refractivity contribution in [1.29, 1.82) is 0 Å². The van der Waals surface area contributed by atoms with Crippen molar-refractivity contribution in [3.8, 4) is 0 Å². The number of hydrogen-bond donors (Lipinski definition) is 3. The quantitative estimate of drug-likeness (QED) is 0.712. The van der Waals surface area contributed by atoms with E-state index in [1.54, 1.807) is 0 Å². The van der Waals surface area contributed by atoms with Gasteiger partial charge in [-0.15, -0.1) is 0 Å². The van der Waals surface area contributed by atoms with Crippen molar-refractivity contribution in [3.05, 3.63) is 11.8 Å². The Hall–Kier alpha value is -0.920. The molecule has 1 fully saturated rings. The molecule has 7 heteroatoms. The monoisotopic (exact) mass is 259 g/mol. The molecule has 3 N–H and O–H groups in total. The zero-order chi connectivity index (χ0) is 12.7. The number of nitrogens with one attached hydrogen (secondary N) is 2. The van der Waals surface area contributed by atoms with E-state index in [1.807, 2.05) is 13.8 Å². The largest absolute Gasteiger partial charge is 0.392 e. The van der Waals surface area contributed by atoms with Gasteiger partial charge in [-0.1, -0.05) is 0 Å². The second-order valence-electron chi connectivity index (χ2n) is 4.98. The SMILES string of the molecule is CC(C)(NS(=O)(=O)c1[nH]ncc1CO)C1CC1. The van der Waals surface area contributed by atoms with Crippen LogP contribution < -0.4 is 4.72 Å². The topological polar surface area (TPSA) is 95.1 Å². The average Bonchev–Trinajstić information content (AvgIpc) is 2.95. The molecule has 2 rings (SSSR count). The van der Waals surface area contributed by atoms with Crippen molar-refractivity contribution >= 4 is 10.0 Å². The van der Waals surface area contributed by atoms with Gasteiger partial charge in [0, 0.05) is 11.1 Å². The Kier molecular flexibility index (Phi) is 3.01. The summed E-state index contributed by atoms with van der Waals surface area (Å²) in [5.41, 5.74) is -0.180. The molecule has 0 aliphatic heterocycles. The van der Waals surface area contributed by atoms with Gasteiger partial charge in [0.25, 0.3) is 10.0 Å². The number of nitrogens with zero attached hydrogens (tertiary/aromatic N) is 1. The molecule has 1 heterocycles. The first-order chi connectivity index (χ1) is 7.87. The molecule has 0 unspecified atom stereocenters. The van der Waals surface area contributed by atoms with Crippen LogP contribution in [0.5, 0.6) is 0 Å². The number of sulfonamides is 1. The molecule has 1 aliphatic rings. The van der Waals surface area contributed by atoms with Gasteiger partial charge in [0.05, 0.1) is 12.8 Å². The third-order valence-electron chi connectivity index (χ3n) is 3.11. The predicted molar refractivity (Wildman–Crippen MR) is 61.6 cm³/mol. The number of aliphatic hydroxyl groups is 1. The van der Waals surface area contributed by atoms with Gasteiger partial charge in [-0.3, -0.25) is 5.10 Å². The first-order valence-electron chi connectivity index (χ1n) is 5.54. The van der Waals surface area contributed by atoms with Crippen LogP contribution in [-0.4, -0.2) is 29.3 Å². The maximum Gasteiger partial charge on any atom is 0.258 e. The minimum Gasteiger partial charge on any atom is -0.392 e. The highest BCUT2D eigenvalue weighted by atomic mass is 32.2. The van der Waals surface area contributed by atoms with E-state index < -0.39 is 15.6 Å². The van der Waals surface area contributed by atoms with Gasteiger partial charge < -0.3 is 5.11 Å². The van der Waals surface area contributed by atoms with E-state index in [2.05, 4.69) is 14.9 Å². The number of rotatable bonds is 5. The van der Waals surface area contributed by atoms with Gasteiger partial charge in [0.15, 0.2) is 5.03 Å². The Morgan fingerprint density at radius 1 is 1.59 bits per heavy atom. The van der Waals surface area contributed by atoms with Crippen molar-refractivity contribution in [2.24, 2.45) is 5.92 Å². The average molecular weight is 259 g/mol. The maximum absolute atomic E-state index is 12.1. The van der Waals surface area contributed by atoms with Crippen molar-refractivity contribution in [3.63, 3.8) is 0 Å². The molecule has 1 saturated carbocycles. The molecule has 0 saturated heterocycles. The summed E-state index contributed by atoms with van der Waals surface area (Å²) in [6.45, 7) is 3.39. The summed E-state index contributed by atoms with van der Waals surface area (Å²) in [5.74, 6) is 0.387. The zero-order valence-corrected chi connectivity index (χ0v) is 10.7. The van der Waals surface area contributed by atoms with Gasteiger partial charge in [-0.05, 0) is 32.6 Å². The van der Waals surface area contributed by atoms with Crippen LogP contribution in [-0.2, 0) is 16.6 Å². The standard InChI is InChI=1S/C10H17N3O3S/c1-10(2,8-3-4-8)13-17(15,16)9-7(6-14)5-11-12-9/h5,8,13-14H,3-4,6H2,1-2H3,(H,11,12). The van der Waals surface area contributed by atoms with Gasteiger partial charge >= 0.3 is 0 Å². The summed E-state index contributed by atoms with van der Waals surface area (Å²) in [4.78, 5) is 0. The van der Waals surface area contributed by atoms with E-state index in [9.17, 15) is 8.42 Å². The predicted octanol–water partition coefficient (Wildman–Crippen LogP) is 0.369. The van der Waals surface area contributed by atoms with Gasteiger partial charge in [0.1, 0.15) is 0 Å². The van der Waals surface area contributed by atoms with Gasteiger partial charge in [-0.2, -0.15) is 5.10 Å². The molecule has 0 radical (unpaired) electrons. The molecule has 96 valence electrons. The molecule has 1 aromatic heterocycles. The fraction of sp³-hybridized carbons (Fsp3) is 0.700. The Balaban J connectivity index is 2.25. The summed E-state index contributed by atoms with van der Waals surface area (Å²) in [6, 6.07) is 0. The van der Waals surface area contributed by atoms with Crippen LogP contribution in [0.15, 0.2) is 11.2 Å². The normalized spacial score (nSPS) is 17.4. The molecule has 1 aromatic rings. The number of H-pyrrole nitrogens is 1. The fourth-order valence-corrected chi connectivity index (χ4v) is 3.53. The summed E-state index contributed by atoms with van der Waals surface area (Å²) >= 11 is 0. The van der Waals surface area contributed by atoms with Gasteiger partial charge in [-0.25, -0.2) is 13.1 Å². The molecule has 0 aromatic carbocycles. The van der Waals surface area contributed by atoms with E-state index in [1.165, 1.54) is 6.20 Å². The van der Waals surface area contributed by atoms with Crippen molar-refractivity contribution in [2.45, 2.75) is 43.9 Å². The third kappa shape index (κ3) is 2.51. The number of hydrogen-bond acceptors (Lipinski definition) is 4. The van der Waals surface area contributed by atoms with Crippen LogP contribution >= 0.6 is 0 Å². The lowest BCUT2D eigenvalue weighted by Crippen LogP contribution is -2.45. The smallest absolute Gasteiger partial charge is 0.258 e. The van der Waals surface area contributed by atoms with E-state index >= 15 is 0 Å². The second-order valence-corrected chi connectivity index (χ2v) is 6.60. The Bertz CT molecular complexity index is 503. The Morgan fingerprint density at radius 3 is 2.76 bits per heavy atom. The Labute approximate surface area is 100 Å². The van der Waals surface area contributed by atoms with E-state index in [0.717, 1.165) is 12.8 Å². The highest BCUT2D eigenvalue weighted by molar-refractivity contribution is 7.89. The van der Waals surface area contributed by atoms with Crippen molar-refractivity contribution < 1.29 is 13.5 Å². The van der Waals surface area contributed by atoms with Crippen LogP contribution in [0.25, 0.3) is 0 Å². The lowest BCUT2D eigenvalue weighted by Gasteiger charge is -2.25. The highest BCUT2D eigenvalue weighted by Gasteiger charge is 2.41. The number of aromatic amines is 1. The van der Waals surface area contributed by atoms with Crippen molar-refractivity contribution in [2.75, 3.05) is 0 Å². The molecule has 6 nitrogen and oxygen atoms in total. The second kappa shape index (κ2) is 4.08. The summed E-state index contributed by atoms with van der Waals surface area (Å²) < 4.78 is 26.9. The molecule has 0 amide bonds. The van der Waals surface area contributed by atoms with Crippen LogP contribution in [0.1, 0.15) is 32.3 Å². The molecule has 0 atom stereocenters. The lowest BCUT2D eigenvalue weighted by atomic mass is 10.0. The fourth-order valence-electron chi connectivity index (χ4n) is 1.93. The van der Waals surface area contributed by atoms with Crippen LogP contribution in [0.3, 0.4) is 0 Å². The lowest BCUT2D eigenvalue weighted by molar-refractivity contribution is 0.278. The molecule has 17 heavy (non-hydrogen) atoms.